The summed E-state index contributed by atoms with van der Waals surface area (Å²) in [4.78, 5) is 39.2. The lowest BCUT2D eigenvalue weighted by atomic mass is 10.0. The normalized spacial score (nSPS) is 14.9. The first-order valence-corrected chi connectivity index (χ1v) is 14.1. The van der Waals surface area contributed by atoms with Crippen LogP contribution in [0.4, 0.5) is 20.8 Å². The van der Waals surface area contributed by atoms with Crippen molar-refractivity contribution >= 4 is 23.6 Å². The maximum absolute atomic E-state index is 13.3. The molecule has 5 N–H and O–H groups in total. The van der Waals surface area contributed by atoms with Gasteiger partial charge in [-0.1, -0.05) is 36.4 Å². The van der Waals surface area contributed by atoms with Gasteiger partial charge in [-0.25, -0.2) is 24.1 Å². The Morgan fingerprint density at radius 2 is 1.91 bits per heavy atom. The first-order chi connectivity index (χ1) is 21.2. The summed E-state index contributed by atoms with van der Waals surface area (Å²) in [7, 11) is 0. The van der Waals surface area contributed by atoms with Crippen LogP contribution in [-0.4, -0.2) is 50.0 Å². The summed E-state index contributed by atoms with van der Waals surface area (Å²) < 4.78 is 13.3. The molecular weight excluding hydrogens is 563 g/mol. The van der Waals surface area contributed by atoms with E-state index < -0.39 is 18.0 Å². The molecule has 0 bridgehead atoms. The Bertz CT molecular complexity index is 1710. The molecule has 44 heavy (non-hydrogen) atoms. The number of nitrogens with zero attached hydrogens (tertiary/aromatic N) is 5. The average molecular weight is 595 g/mol. The number of hydrogen-bond acceptors (Lipinski definition) is 8. The van der Waals surface area contributed by atoms with E-state index in [-0.39, 0.29) is 22.9 Å². The first-order valence-electron chi connectivity index (χ1n) is 14.1. The van der Waals surface area contributed by atoms with Gasteiger partial charge in [-0.05, 0) is 55.0 Å². The Balaban J connectivity index is 1.25. The van der Waals surface area contributed by atoms with Crippen LogP contribution < -0.4 is 16.4 Å². The van der Waals surface area contributed by atoms with Crippen LogP contribution >= 0.6 is 0 Å². The van der Waals surface area contributed by atoms with Gasteiger partial charge in [-0.2, -0.15) is 5.26 Å². The minimum atomic E-state index is -0.916. The number of carbonyl (C=O) groups excluding carboxylic acids is 1. The summed E-state index contributed by atoms with van der Waals surface area (Å²) in [5, 5.41) is 24.7. The van der Waals surface area contributed by atoms with E-state index >= 15 is 0 Å². The first kappa shape index (κ1) is 29.9. The van der Waals surface area contributed by atoms with E-state index in [1.165, 1.54) is 29.3 Å². The van der Waals surface area contributed by atoms with Gasteiger partial charge >= 0.3 is 6.09 Å². The van der Waals surface area contributed by atoms with Crippen LogP contribution in [0.25, 0.3) is 11.3 Å². The Kier molecular flexibility index (Phi) is 8.95. The summed E-state index contributed by atoms with van der Waals surface area (Å²) in [5.41, 5.74) is 10.4. The van der Waals surface area contributed by atoms with E-state index in [2.05, 4.69) is 20.6 Å². The number of nitrogen functional groups attached to an aromatic ring is 1. The smallest absolute Gasteiger partial charge is 0.407 e. The highest BCUT2D eigenvalue weighted by atomic mass is 19.1. The van der Waals surface area contributed by atoms with Gasteiger partial charge in [0.05, 0.1) is 34.8 Å². The molecule has 224 valence electrons. The summed E-state index contributed by atoms with van der Waals surface area (Å²) in [5.74, 6) is 0.0130. The highest BCUT2D eigenvalue weighted by Gasteiger charge is 2.27. The van der Waals surface area contributed by atoms with Crippen LogP contribution in [0.15, 0.2) is 67.0 Å². The van der Waals surface area contributed by atoms with Crippen molar-refractivity contribution in [3.05, 3.63) is 101 Å². The standard InChI is InChI=1S/C32H31FN8O3/c1-19(23-6-8-25(33)9-7-23)39-31(42)26-12-22(14-34)16-38-30(26)37-15-20-2-4-24(5-3-20)28-17-36-29(35)27(40-28)13-21-10-11-41(18-21)32(43)44/h2-9,12,16-17,19,21H,10-11,13,15,18H2,1H3,(H2,35,36)(H,37,38)(H,39,42)(H,43,44). The van der Waals surface area contributed by atoms with Gasteiger partial charge in [0, 0.05) is 31.4 Å². The van der Waals surface area contributed by atoms with Crippen molar-refractivity contribution in [1.29, 1.82) is 5.26 Å². The fraction of sp³-hybridized carbons (Fsp3) is 0.250. The number of pyridine rings is 1. The lowest BCUT2D eigenvalue weighted by Gasteiger charge is -2.17. The van der Waals surface area contributed by atoms with Gasteiger partial charge in [0.25, 0.3) is 5.91 Å². The number of carboxylic acid groups (broad SMARTS) is 1. The fourth-order valence-electron chi connectivity index (χ4n) is 5.10. The average Bonchev–Trinajstić information content (AvgIpc) is 3.50. The number of hydrogen-bond donors (Lipinski definition) is 4. The molecular formula is C32H31FN8O3. The minimum Gasteiger partial charge on any atom is -0.465 e. The quantitative estimate of drug-likeness (QED) is 0.213. The number of benzene rings is 2. The predicted molar refractivity (Wildman–Crippen MR) is 162 cm³/mol. The van der Waals surface area contributed by atoms with E-state index in [4.69, 9.17) is 10.7 Å². The molecule has 2 atom stereocenters. The van der Waals surface area contributed by atoms with Crippen LogP contribution in [-0.2, 0) is 13.0 Å². The summed E-state index contributed by atoms with van der Waals surface area (Å²) in [6.07, 6.45) is 3.40. The molecule has 4 aromatic rings. The largest absolute Gasteiger partial charge is 0.465 e. The molecule has 3 heterocycles. The molecule has 1 aliphatic heterocycles. The van der Waals surface area contributed by atoms with Crippen LogP contribution in [0, 0.1) is 23.1 Å². The number of nitrogens with two attached hydrogens (primary N) is 1. The van der Waals surface area contributed by atoms with Crippen molar-refractivity contribution in [3.8, 4) is 17.3 Å². The number of aromatic nitrogens is 3. The predicted octanol–water partition coefficient (Wildman–Crippen LogP) is 4.78. The Morgan fingerprint density at radius 1 is 1.16 bits per heavy atom. The van der Waals surface area contributed by atoms with E-state index in [1.54, 1.807) is 25.3 Å². The van der Waals surface area contributed by atoms with Gasteiger partial charge in [-0.3, -0.25) is 4.79 Å². The Morgan fingerprint density at radius 3 is 2.59 bits per heavy atom. The zero-order chi connectivity index (χ0) is 31.2. The third kappa shape index (κ3) is 7.07. The molecule has 5 rings (SSSR count). The minimum absolute atomic E-state index is 0.139. The van der Waals surface area contributed by atoms with Crippen molar-refractivity contribution in [1.82, 2.24) is 25.2 Å². The van der Waals surface area contributed by atoms with Gasteiger partial charge in [0.1, 0.15) is 23.5 Å². The van der Waals surface area contributed by atoms with Gasteiger partial charge in [0.15, 0.2) is 0 Å². The van der Waals surface area contributed by atoms with Gasteiger partial charge < -0.3 is 26.4 Å². The topological polar surface area (TPSA) is 170 Å². The van der Waals surface area contributed by atoms with E-state index in [0.717, 1.165) is 23.1 Å². The second kappa shape index (κ2) is 13.2. The van der Waals surface area contributed by atoms with Gasteiger partial charge in [-0.15, -0.1) is 0 Å². The van der Waals surface area contributed by atoms with E-state index in [1.807, 2.05) is 30.3 Å². The number of halogens is 1. The lowest BCUT2D eigenvalue weighted by molar-refractivity contribution is 0.0940. The van der Waals surface area contributed by atoms with Crippen molar-refractivity contribution in [2.24, 2.45) is 5.92 Å². The molecule has 2 amide bonds. The number of rotatable bonds is 9. The lowest BCUT2D eigenvalue weighted by Crippen LogP contribution is -2.28. The summed E-state index contributed by atoms with van der Waals surface area (Å²) in [6, 6.07) is 16.6. The third-order valence-corrected chi connectivity index (χ3v) is 7.60. The van der Waals surface area contributed by atoms with Crippen molar-refractivity contribution in [2.45, 2.75) is 32.4 Å². The monoisotopic (exact) mass is 594 g/mol. The fourth-order valence-corrected chi connectivity index (χ4v) is 5.10. The molecule has 1 fully saturated rings. The van der Waals surface area contributed by atoms with Gasteiger partial charge in [0.2, 0.25) is 0 Å². The maximum atomic E-state index is 13.3. The zero-order valence-corrected chi connectivity index (χ0v) is 24.0. The van der Waals surface area contributed by atoms with Crippen LogP contribution in [0.1, 0.15) is 52.1 Å². The molecule has 12 heteroatoms. The van der Waals surface area contributed by atoms with Crippen LogP contribution in [0.2, 0.25) is 0 Å². The molecule has 2 aromatic carbocycles. The molecule has 11 nitrogen and oxygen atoms in total. The molecule has 1 aliphatic rings. The summed E-state index contributed by atoms with van der Waals surface area (Å²) in [6.45, 7) is 3.10. The number of anilines is 2. The third-order valence-electron chi connectivity index (χ3n) is 7.60. The Hall–Kier alpha value is -5.57. The van der Waals surface area contributed by atoms with E-state index in [9.17, 15) is 24.3 Å². The van der Waals surface area contributed by atoms with Crippen molar-refractivity contribution in [2.75, 3.05) is 24.1 Å². The highest BCUT2D eigenvalue weighted by Crippen LogP contribution is 2.25. The van der Waals surface area contributed by atoms with Crippen molar-refractivity contribution in [3.63, 3.8) is 0 Å². The molecule has 0 aliphatic carbocycles. The number of likely N-dealkylation sites (tertiary alicyclic amines) is 1. The molecule has 0 saturated carbocycles. The molecule has 0 radical (unpaired) electrons. The Labute approximate surface area is 253 Å². The maximum Gasteiger partial charge on any atom is 0.407 e. The van der Waals surface area contributed by atoms with Crippen molar-refractivity contribution < 1.29 is 19.1 Å². The highest BCUT2D eigenvalue weighted by molar-refractivity contribution is 5.99. The van der Waals surface area contributed by atoms with Crippen LogP contribution in [0.3, 0.4) is 0 Å². The number of nitriles is 1. The zero-order valence-electron chi connectivity index (χ0n) is 24.0. The van der Waals surface area contributed by atoms with E-state index in [0.29, 0.717) is 49.1 Å². The number of carbonyl (C=O) groups is 2. The number of amides is 2. The second-order valence-electron chi connectivity index (χ2n) is 10.7. The molecule has 0 spiro atoms. The number of nitrogens with one attached hydrogen (secondary N) is 2. The SMILES string of the molecule is CC(NC(=O)c1cc(C#N)cnc1NCc1ccc(-c2cnc(N)c(CC3CCN(C(=O)O)C3)n2)cc1)c1ccc(F)cc1. The second-order valence-corrected chi connectivity index (χ2v) is 10.7. The molecule has 2 unspecified atom stereocenters. The summed E-state index contributed by atoms with van der Waals surface area (Å²) >= 11 is 0. The van der Waals surface area contributed by atoms with Crippen LogP contribution in [0.5, 0.6) is 0 Å². The molecule has 1 saturated heterocycles. The molecule has 2 aromatic heterocycles.